The highest BCUT2D eigenvalue weighted by Crippen LogP contribution is 2.44. The lowest BCUT2D eigenvalue weighted by Crippen LogP contribution is -2.62. The smallest absolute Gasteiger partial charge is 0.434 e. The molecule has 0 bridgehead atoms. The van der Waals surface area contributed by atoms with Crippen molar-refractivity contribution < 1.29 is 66.6 Å². The number of nitrogens with zero attached hydrogens (tertiary/aromatic N) is 1. The van der Waals surface area contributed by atoms with E-state index in [0.717, 1.165) is 16.7 Å². The van der Waals surface area contributed by atoms with Crippen LogP contribution < -0.4 is 0 Å². The number of ether oxygens (including phenoxy) is 12. The zero-order valence-corrected chi connectivity index (χ0v) is 37.1. The summed E-state index contributed by atoms with van der Waals surface area (Å²) in [5, 5.41) is 11.7. The Hall–Kier alpha value is -4.85. The number of nitro groups is 1. The summed E-state index contributed by atoms with van der Waals surface area (Å²) in [7, 11) is 0. The molecule has 65 heavy (non-hydrogen) atoms. The molecule has 0 aromatic heterocycles. The number of carbonyl (C=O) groups is 1. The van der Waals surface area contributed by atoms with Crippen LogP contribution in [0.1, 0.15) is 62.8 Å². The topological polar surface area (TPSA) is 171 Å². The lowest BCUT2D eigenvalue weighted by molar-refractivity contribution is -0.385. The maximum Gasteiger partial charge on any atom is 0.508 e. The molecule has 8 rings (SSSR count). The van der Waals surface area contributed by atoms with E-state index in [1.54, 1.807) is 25.1 Å². The summed E-state index contributed by atoms with van der Waals surface area (Å²) in [6, 6.07) is 35.4. The van der Waals surface area contributed by atoms with Gasteiger partial charge < -0.3 is 56.8 Å². The van der Waals surface area contributed by atoms with Gasteiger partial charge in [0.15, 0.2) is 24.2 Å². The van der Waals surface area contributed by atoms with Gasteiger partial charge in [-0.2, -0.15) is 0 Å². The summed E-state index contributed by atoms with van der Waals surface area (Å²) in [4.78, 5) is 24.6. The van der Waals surface area contributed by atoms with Gasteiger partial charge in [0.05, 0.1) is 31.4 Å². The van der Waals surface area contributed by atoms with Gasteiger partial charge in [-0.25, -0.2) is 4.79 Å². The number of hydrogen-bond acceptors (Lipinski definition) is 15. The van der Waals surface area contributed by atoms with E-state index < -0.39 is 90.0 Å². The van der Waals surface area contributed by atoms with Crippen molar-refractivity contribution in [2.45, 2.75) is 133 Å². The number of benzene rings is 4. The molecule has 4 heterocycles. The zero-order chi connectivity index (χ0) is 45.6. The van der Waals surface area contributed by atoms with Gasteiger partial charge >= 0.3 is 6.16 Å². The van der Waals surface area contributed by atoms with Crippen LogP contribution in [0.25, 0.3) is 0 Å². The first-order valence-electron chi connectivity index (χ1n) is 22.0. The van der Waals surface area contributed by atoms with Gasteiger partial charge in [0.1, 0.15) is 62.0 Å². The molecule has 1 unspecified atom stereocenters. The molecular formula is C49H57NO15. The molecular weight excluding hydrogens is 843 g/mol. The van der Waals surface area contributed by atoms with E-state index in [-0.39, 0.29) is 45.3 Å². The second-order valence-corrected chi connectivity index (χ2v) is 17.5. The Bertz CT molecular complexity index is 2160. The van der Waals surface area contributed by atoms with Crippen molar-refractivity contribution in [3.63, 3.8) is 0 Å². The van der Waals surface area contributed by atoms with Crippen LogP contribution in [0, 0.1) is 10.1 Å². The third-order valence-corrected chi connectivity index (χ3v) is 11.6. The summed E-state index contributed by atoms with van der Waals surface area (Å²) < 4.78 is 76.7. The first-order chi connectivity index (χ1) is 31.3. The van der Waals surface area contributed by atoms with E-state index in [2.05, 4.69) is 0 Å². The molecule has 4 aliphatic heterocycles. The van der Waals surface area contributed by atoms with E-state index in [4.69, 9.17) is 56.8 Å². The normalized spacial score (nSPS) is 29.3. The Kier molecular flexibility index (Phi) is 14.9. The predicted molar refractivity (Wildman–Crippen MR) is 231 cm³/mol. The third kappa shape index (κ3) is 11.8. The highest BCUT2D eigenvalue weighted by molar-refractivity contribution is 5.60. The number of nitro benzene ring substituents is 1. The number of hydrogen-bond donors (Lipinski definition) is 0. The quantitative estimate of drug-likeness (QED) is 0.0539. The van der Waals surface area contributed by atoms with Crippen LogP contribution in [-0.2, 0) is 76.7 Å². The minimum Gasteiger partial charge on any atom is -0.434 e. The van der Waals surface area contributed by atoms with E-state index in [1.165, 1.54) is 6.07 Å². The predicted octanol–water partition coefficient (Wildman–Crippen LogP) is 7.75. The molecule has 16 heteroatoms. The molecule has 4 saturated heterocycles. The summed E-state index contributed by atoms with van der Waals surface area (Å²) in [5.41, 5.74) is 3.06. The fourth-order valence-electron chi connectivity index (χ4n) is 8.58. The van der Waals surface area contributed by atoms with Crippen molar-refractivity contribution in [1.29, 1.82) is 0 Å². The van der Waals surface area contributed by atoms with Gasteiger partial charge in [-0.05, 0) is 44.4 Å². The van der Waals surface area contributed by atoms with Gasteiger partial charge in [0.25, 0.3) is 5.69 Å². The van der Waals surface area contributed by atoms with Gasteiger partial charge in [-0.1, -0.05) is 116 Å². The molecule has 4 aromatic carbocycles. The monoisotopic (exact) mass is 899 g/mol. The first kappa shape index (κ1) is 46.7. The average Bonchev–Trinajstić information content (AvgIpc) is 3.81. The van der Waals surface area contributed by atoms with Crippen LogP contribution in [0.5, 0.6) is 0 Å². The van der Waals surface area contributed by atoms with Crippen molar-refractivity contribution >= 4 is 11.8 Å². The first-order valence-corrected chi connectivity index (χ1v) is 22.0. The highest BCUT2D eigenvalue weighted by Gasteiger charge is 2.61. The highest BCUT2D eigenvalue weighted by atomic mass is 16.9. The van der Waals surface area contributed by atoms with Crippen molar-refractivity contribution in [2.75, 3.05) is 19.8 Å². The minimum absolute atomic E-state index is 0.0520. The molecule has 0 radical (unpaired) electrons. The molecule has 11 atom stereocenters. The average molecular weight is 900 g/mol. The molecule has 4 aliphatic rings. The van der Waals surface area contributed by atoms with Crippen LogP contribution in [0.3, 0.4) is 0 Å². The molecule has 0 amide bonds. The van der Waals surface area contributed by atoms with E-state index >= 15 is 0 Å². The summed E-state index contributed by atoms with van der Waals surface area (Å²) in [6.45, 7) is 9.00. The molecule has 0 spiro atoms. The molecule has 16 nitrogen and oxygen atoms in total. The molecule has 0 aliphatic carbocycles. The van der Waals surface area contributed by atoms with E-state index in [9.17, 15) is 14.9 Å². The lowest BCUT2D eigenvalue weighted by atomic mass is 9.97. The van der Waals surface area contributed by atoms with E-state index in [0.29, 0.717) is 5.56 Å². The fourth-order valence-corrected chi connectivity index (χ4v) is 8.58. The van der Waals surface area contributed by atoms with Gasteiger partial charge in [0, 0.05) is 17.5 Å². The maximum absolute atomic E-state index is 13.3. The third-order valence-electron chi connectivity index (χ3n) is 11.6. The lowest BCUT2D eigenvalue weighted by Gasteiger charge is -2.46. The van der Waals surface area contributed by atoms with Gasteiger partial charge in [-0.3, -0.25) is 10.1 Å². The van der Waals surface area contributed by atoms with E-state index in [1.807, 2.05) is 119 Å². The van der Waals surface area contributed by atoms with Crippen LogP contribution in [-0.4, -0.2) is 104 Å². The summed E-state index contributed by atoms with van der Waals surface area (Å²) in [5.74, 6) is -2.36. The van der Waals surface area contributed by atoms with Gasteiger partial charge in [0.2, 0.25) is 0 Å². The number of fused-ring (bicyclic) bond motifs is 3. The summed E-state index contributed by atoms with van der Waals surface area (Å²) >= 11 is 0. The van der Waals surface area contributed by atoms with Gasteiger partial charge in [-0.15, -0.1) is 0 Å². The van der Waals surface area contributed by atoms with Crippen molar-refractivity contribution in [3.8, 4) is 0 Å². The second-order valence-electron chi connectivity index (χ2n) is 17.5. The molecule has 0 saturated carbocycles. The maximum atomic E-state index is 13.3. The SMILES string of the molecule is CC(COC(=O)OC[C@H]1O[C@H](OC[C@H]2O[C@@H]3OC(C)(C)O[C@@H]3[C@H]3OC(C)(C)O[C@H]32)[C@H](OCc2ccccc2)[C@@H](OCc2ccccc2)[C@H]1OCc1ccccc1)c1ccccc1[N+](=O)[O-]. The Balaban J connectivity index is 1.07. The minimum atomic E-state index is -1.13. The molecule has 0 N–H and O–H groups in total. The standard InChI is InChI=1S/C49H57NO15/c1-31(35-23-15-16-24-36(35)50(52)53)25-58-47(51)59-30-37-39(54-26-32-17-9-6-10-18-32)41(55-27-33-19-11-7-12-20-33)43(56-28-34-21-13-8-14-22-34)45(60-37)57-29-38-40-42(63-48(2,3)62-40)44-46(61-38)65-49(4,5)64-44/h6-24,31,37-46H,25-30H2,1-5H3/t31?,37-,38-,39+,40+,41+,42+,43-,44-,45+,46-/m1/s1. The van der Waals surface area contributed by atoms with Crippen LogP contribution in [0.4, 0.5) is 10.5 Å². The van der Waals surface area contributed by atoms with Crippen LogP contribution in [0.2, 0.25) is 0 Å². The Labute approximate surface area is 378 Å². The van der Waals surface area contributed by atoms with Crippen LogP contribution in [0.15, 0.2) is 115 Å². The molecule has 4 aromatic rings. The molecule has 4 fully saturated rings. The fraction of sp³-hybridized carbons (Fsp3) is 0.490. The van der Waals surface area contributed by atoms with Crippen molar-refractivity contribution in [1.82, 2.24) is 0 Å². The number of para-hydroxylation sites is 1. The number of rotatable bonds is 18. The second kappa shape index (κ2) is 20.8. The van der Waals surface area contributed by atoms with Crippen LogP contribution >= 0.6 is 0 Å². The van der Waals surface area contributed by atoms with Crippen molar-refractivity contribution in [2.24, 2.45) is 0 Å². The largest absolute Gasteiger partial charge is 0.508 e. The number of carbonyl (C=O) groups excluding carboxylic acids is 1. The Morgan fingerprint density at radius 2 is 1.12 bits per heavy atom. The summed E-state index contributed by atoms with van der Waals surface area (Å²) in [6.07, 6.45) is -8.84. The Morgan fingerprint density at radius 3 is 1.74 bits per heavy atom. The molecule has 348 valence electrons. The zero-order valence-electron chi connectivity index (χ0n) is 37.1. The van der Waals surface area contributed by atoms with Crippen molar-refractivity contribution in [3.05, 3.63) is 148 Å². The Morgan fingerprint density at radius 1 is 0.600 bits per heavy atom.